The van der Waals surface area contributed by atoms with Gasteiger partial charge in [-0.25, -0.2) is 0 Å². The van der Waals surface area contributed by atoms with Crippen molar-refractivity contribution in [2.45, 2.75) is 34.2 Å². The Balaban J connectivity index is 1.74. The molecule has 0 aliphatic heterocycles. The molecule has 1 aromatic heterocycles. The first-order chi connectivity index (χ1) is 17.0. The van der Waals surface area contributed by atoms with Crippen LogP contribution in [0.1, 0.15) is 49.2 Å². The van der Waals surface area contributed by atoms with Gasteiger partial charge in [0.15, 0.2) is 11.5 Å². The van der Waals surface area contributed by atoms with E-state index in [-0.39, 0.29) is 11.7 Å². The number of amides is 1. The lowest BCUT2D eigenvalue weighted by molar-refractivity contribution is 0.0976. The molecule has 0 radical (unpaired) electrons. The number of amidine groups is 1. The minimum atomic E-state index is -0.370. The number of carbonyl (C=O) groups is 1. The van der Waals surface area contributed by atoms with Crippen LogP contribution >= 0.6 is 0 Å². The van der Waals surface area contributed by atoms with Crippen LogP contribution in [0.2, 0.25) is 0 Å². The van der Waals surface area contributed by atoms with Crippen molar-refractivity contribution in [3.05, 3.63) is 59.3 Å². The van der Waals surface area contributed by atoms with Gasteiger partial charge in [0.2, 0.25) is 0 Å². The lowest BCUT2D eigenvalue weighted by Gasteiger charge is -2.18. The number of nitrogens with zero attached hydrogens (tertiary/aromatic N) is 1. The zero-order valence-corrected chi connectivity index (χ0v) is 21.2. The first kappa shape index (κ1) is 26.2. The number of aromatic amines is 1. The predicted octanol–water partition coefficient (Wildman–Crippen LogP) is 4.15. The lowest BCUT2D eigenvalue weighted by atomic mass is 10.0. The fourth-order valence-corrected chi connectivity index (χ4v) is 4.05. The maximum atomic E-state index is 13.0. The minimum absolute atomic E-state index is 0.0523. The van der Waals surface area contributed by atoms with Crippen LogP contribution in [0.15, 0.2) is 42.6 Å². The van der Waals surface area contributed by atoms with Crippen LogP contribution < -0.4 is 20.1 Å². The normalized spacial score (nSPS) is 11.1. The molecule has 8 nitrogen and oxygen atoms in total. The zero-order chi connectivity index (χ0) is 25.2. The topological polar surface area (TPSA) is 102 Å². The van der Waals surface area contributed by atoms with Crippen molar-refractivity contribution in [3.63, 3.8) is 0 Å². The number of benzene rings is 2. The third-order valence-corrected chi connectivity index (χ3v) is 5.92. The number of H-pyrrole nitrogens is 1. The number of carbonyl (C=O) groups excluding carboxylic acids is 1. The van der Waals surface area contributed by atoms with Crippen molar-refractivity contribution >= 4 is 22.6 Å². The fraction of sp³-hybridized carbons (Fsp3) is 0.407. The Kier molecular flexibility index (Phi) is 9.69. The highest BCUT2D eigenvalue weighted by Gasteiger charge is 2.17. The third kappa shape index (κ3) is 6.61. The molecule has 188 valence electrons. The summed E-state index contributed by atoms with van der Waals surface area (Å²) in [5, 5.41) is 15.8. The second-order valence-electron chi connectivity index (χ2n) is 8.10. The molecule has 0 spiro atoms. The van der Waals surface area contributed by atoms with Gasteiger partial charge in [0.05, 0.1) is 13.2 Å². The first-order valence-electron chi connectivity index (χ1n) is 12.3. The van der Waals surface area contributed by atoms with Gasteiger partial charge in [0.1, 0.15) is 5.84 Å². The van der Waals surface area contributed by atoms with E-state index in [1.54, 1.807) is 18.2 Å². The van der Waals surface area contributed by atoms with Gasteiger partial charge in [-0.15, -0.1) is 0 Å². The van der Waals surface area contributed by atoms with Crippen LogP contribution in [0.25, 0.3) is 10.9 Å². The van der Waals surface area contributed by atoms with E-state index in [2.05, 4.69) is 34.4 Å². The number of aromatic nitrogens is 1. The molecular weight excluding hydrogens is 442 g/mol. The molecule has 4 N–H and O–H groups in total. The van der Waals surface area contributed by atoms with E-state index in [4.69, 9.17) is 14.9 Å². The molecule has 3 rings (SSSR count). The maximum absolute atomic E-state index is 13.0. The van der Waals surface area contributed by atoms with E-state index in [0.29, 0.717) is 42.4 Å². The Morgan fingerprint density at radius 2 is 1.77 bits per heavy atom. The monoisotopic (exact) mass is 479 g/mol. The summed E-state index contributed by atoms with van der Waals surface area (Å²) in [5.74, 6) is 0.789. The van der Waals surface area contributed by atoms with E-state index < -0.39 is 0 Å². The molecule has 2 aromatic carbocycles. The molecule has 1 heterocycles. The average molecular weight is 480 g/mol. The van der Waals surface area contributed by atoms with Crippen molar-refractivity contribution in [3.8, 4) is 11.5 Å². The fourth-order valence-electron chi connectivity index (χ4n) is 4.05. The summed E-state index contributed by atoms with van der Waals surface area (Å²) >= 11 is 0. The summed E-state index contributed by atoms with van der Waals surface area (Å²) in [7, 11) is 0. The Labute approximate surface area is 207 Å². The van der Waals surface area contributed by atoms with Crippen molar-refractivity contribution in [2.75, 3.05) is 39.4 Å². The van der Waals surface area contributed by atoms with Gasteiger partial charge >= 0.3 is 0 Å². The molecule has 0 atom stereocenters. The van der Waals surface area contributed by atoms with Crippen LogP contribution in [-0.2, 0) is 6.54 Å². The van der Waals surface area contributed by atoms with Crippen LogP contribution in [0, 0.1) is 5.41 Å². The van der Waals surface area contributed by atoms with Gasteiger partial charge in [-0.1, -0.05) is 26.0 Å². The van der Waals surface area contributed by atoms with E-state index >= 15 is 0 Å². The standard InChI is InChI=1S/C27H37N5O3/c1-5-32(6-2)15-14-29-17-20-18-30-22-11-9-10-21(25(20)22)26(28)31-27(33)19-12-13-23(34-7-3)24(16-19)35-8-4/h9-13,16,18,29-30H,5-8,14-15,17H2,1-4H3,(H2,28,31,33). The number of nitrogens with one attached hydrogen (secondary N) is 4. The van der Waals surface area contributed by atoms with Crippen LogP contribution in [0.3, 0.4) is 0 Å². The summed E-state index contributed by atoms with van der Waals surface area (Å²) in [6.45, 7) is 13.7. The van der Waals surface area contributed by atoms with Gasteiger partial charge in [-0.05, 0) is 56.8 Å². The molecule has 1 amide bonds. The summed E-state index contributed by atoms with van der Waals surface area (Å²) in [6.07, 6.45) is 1.97. The molecule has 0 bridgehead atoms. The van der Waals surface area contributed by atoms with Crippen molar-refractivity contribution < 1.29 is 14.3 Å². The molecule has 8 heteroatoms. The van der Waals surface area contributed by atoms with E-state index in [0.717, 1.165) is 42.6 Å². The Hall–Kier alpha value is -3.36. The minimum Gasteiger partial charge on any atom is -0.490 e. The van der Waals surface area contributed by atoms with Gasteiger partial charge < -0.3 is 30.0 Å². The summed E-state index contributed by atoms with van der Waals surface area (Å²) in [5.41, 5.74) is 3.07. The Morgan fingerprint density at radius 3 is 2.49 bits per heavy atom. The van der Waals surface area contributed by atoms with E-state index in [9.17, 15) is 4.79 Å². The molecule has 35 heavy (non-hydrogen) atoms. The highest BCUT2D eigenvalue weighted by molar-refractivity contribution is 6.16. The number of rotatable bonds is 13. The molecule has 3 aromatic rings. The number of likely N-dealkylation sites (N-methyl/N-ethyl adjacent to an activating group) is 1. The second kappa shape index (κ2) is 12.9. The van der Waals surface area contributed by atoms with E-state index in [1.165, 1.54) is 0 Å². The van der Waals surface area contributed by atoms with Crippen LogP contribution in [-0.4, -0.2) is 61.0 Å². The molecule has 0 saturated heterocycles. The summed E-state index contributed by atoms with van der Waals surface area (Å²) in [6, 6.07) is 10.8. The smallest absolute Gasteiger partial charge is 0.256 e. The van der Waals surface area contributed by atoms with Crippen molar-refractivity contribution in [2.24, 2.45) is 0 Å². The predicted molar refractivity (Wildman–Crippen MR) is 141 cm³/mol. The van der Waals surface area contributed by atoms with Crippen LogP contribution in [0.5, 0.6) is 11.5 Å². The molecule has 0 fully saturated rings. The molecule has 0 saturated carbocycles. The highest BCUT2D eigenvalue weighted by Crippen LogP contribution is 2.29. The quantitative estimate of drug-likeness (QED) is 0.168. The Bertz CT molecular complexity index is 1140. The molecule has 0 aliphatic carbocycles. The van der Waals surface area contributed by atoms with Gasteiger partial charge in [-0.2, -0.15) is 0 Å². The van der Waals surface area contributed by atoms with Crippen molar-refractivity contribution in [1.29, 1.82) is 5.41 Å². The third-order valence-electron chi connectivity index (χ3n) is 5.92. The first-order valence-corrected chi connectivity index (χ1v) is 12.3. The highest BCUT2D eigenvalue weighted by atomic mass is 16.5. The van der Waals surface area contributed by atoms with Gasteiger partial charge in [0.25, 0.3) is 5.91 Å². The molecule has 0 unspecified atom stereocenters. The van der Waals surface area contributed by atoms with Crippen molar-refractivity contribution in [1.82, 2.24) is 20.5 Å². The number of ether oxygens (including phenoxy) is 2. The number of hydrogen-bond donors (Lipinski definition) is 4. The number of fused-ring (bicyclic) bond motifs is 1. The SMILES string of the molecule is CCOc1ccc(C(=O)NC(=N)c2cccc3[nH]cc(CNCCN(CC)CC)c23)cc1OCC. The summed E-state index contributed by atoms with van der Waals surface area (Å²) < 4.78 is 11.2. The number of hydrogen-bond acceptors (Lipinski definition) is 6. The largest absolute Gasteiger partial charge is 0.490 e. The lowest BCUT2D eigenvalue weighted by Crippen LogP contribution is -2.32. The maximum Gasteiger partial charge on any atom is 0.256 e. The average Bonchev–Trinajstić information content (AvgIpc) is 3.28. The molecular formula is C27H37N5O3. The van der Waals surface area contributed by atoms with Gasteiger partial charge in [-0.3, -0.25) is 10.2 Å². The molecule has 0 aliphatic rings. The van der Waals surface area contributed by atoms with Gasteiger partial charge in [0, 0.05) is 47.9 Å². The summed E-state index contributed by atoms with van der Waals surface area (Å²) in [4.78, 5) is 18.6. The second-order valence-corrected chi connectivity index (χ2v) is 8.10. The van der Waals surface area contributed by atoms with E-state index in [1.807, 2.05) is 38.2 Å². The Morgan fingerprint density at radius 1 is 1.03 bits per heavy atom. The van der Waals surface area contributed by atoms with Crippen LogP contribution in [0.4, 0.5) is 0 Å². The zero-order valence-electron chi connectivity index (χ0n) is 21.2.